The summed E-state index contributed by atoms with van der Waals surface area (Å²) in [7, 11) is 0. The Morgan fingerprint density at radius 3 is 2.11 bits per heavy atom. The van der Waals surface area contributed by atoms with Crippen LogP contribution in [-0.2, 0) is 22.2 Å². The van der Waals surface area contributed by atoms with Gasteiger partial charge in [0.05, 0.1) is 15.9 Å². The van der Waals surface area contributed by atoms with Gasteiger partial charge in [-0.25, -0.2) is 4.98 Å². The SMILES string of the molecule is Cc1nn(CC(=O)N2CCC(c3cnc(-c4cc(C(C)(C)C)cc(C(C)(C)C)c4)s3)CC2)c(C)c1Br. The molecule has 5 nitrogen and oxygen atoms in total. The van der Waals surface area contributed by atoms with Crippen molar-refractivity contribution in [3.8, 4) is 10.6 Å². The minimum absolute atomic E-state index is 0.0823. The second-order valence-corrected chi connectivity index (χ2v) is 14.0. The van der Waals surface area contributed by atoms with Crippen molar-refractivity contribution in [3.05, 3.63) is 56.3 Å². The van der Waals surface area contributed by atoms with Crippen LogP contribution in [0.15, 0.2) is 28.9 Å². The molecule has 0 aliphatic carbocycles. The fraction of sp³-hybridized carbons (Fsp3) is 0.552. The van der Waals surface area contributed by atoms with E-state index in [1.165, 1.54) is 21.6 Å². The lowest BCUT2D eigenvalue weighted by molar-refractivity contribution is -0.133. The van der Waals surface area contributed by atoms with E-state index in [0.717, 1.165) is 46.8 Å². The van der Waals surface area contributed by atoms with E-state index in [1.807, 2.05) is 30.1 Å². The molecule has 0 saturated carbocycles. The van der Waals surface area contributed by atoms with E-state index in [4.69, 9.17) is 4.98 Å². The second kappa shape index (κ2) is 10.1. The fourth-order valence-corrected chi connectivity index (χ4v) is 6.05. The Kier molecular flexibility index (Phi) is 7.55. The van der Waals surface area contributed by atoms with E-state index in [0.29, 0.717) is 12.5 Å². The number of carbonyl (C=O) groups is 1. The molecule has 0 radical (unpaired) electrons. The lowest BCUT2D eigenvalue weighted by Gasteiger charge is -2.31. The van der Waals surface area contributed by atoms with Crippen LogP contribution in [0.2, 0.25) is 0 Å². The van der Waals surface area contributed by atoms with Gasteiger partial charge in [-0.2, -0.15) is 5.10 Å². The topological polar surface area (TPSA) is 51.0 Å². The third-order valence-corrected chi connectivity index (χ3v) is 9.62. The summed E-state index contributed by atoms with van der Waals surface area (Å²) in [5, 5.41) is 5.59. The van der Waals surface area contributed by atoms with Gasteiger partial charge in [0.15, 0.2) is 0 Å². The Morgan fingerprint density at radius 1 is 1.03 bits per heavy atom. The summed E-state index contributed by atoms with van der Waals surface area (Å²) in [4.78, 5) is 21.1. The van der Waals surface area contributed by atoms with E-state index in [1.54, 1.807) is 4.68 Å². The van der Waals surface area contributed by atoms with Gasteiger partial charge in [-0.3, -0.25) is 9.48 Å². The van der Waals surface area contributed by atoms with Gasteiger partial charge >= 0.3 is 0 Å². The monoisotopic (exact) mass is 570 g/mol. The summed E-state index contributed by atoms with van der Waals surface area (Å²) in [6.45, 7) is 19.4. The normalized spacial score (nSPS) is 15.5. The van der Waals surface area contributed by atoms with Crippen molar-refractivity contribution < 1.29 is 4.79 Å². The molecule has 1 saturated heterocycles. The Morgan fingerprint density at radius 2 is 1.61 bits per heavy atom. The smallest absolute Gasteiger partial charge is 0.244 e. The Hall–Kier alpha value is -1.99. The molecule has 36 heavy (non-hydrogen) atoms. The van der Waals surface area contributed by atoms with Gasteiger partial charge in [-0.15, -0.1) is 11.3 Å². The maximum atomic E-state index is 12.9. The molecule has 0 bridgehead atoms. The molecule has 7 heteroatoms. The van der Waals surface area contributed by atoms with Crippen LogP contribution in [0.1, 0.15) is 87.7 Å². The highest BCUT2D eigenvalue weighted by Gasteiger charge is 2.27. The Bertz CT molecular complexity index is 1220. The van der Waals surface area contributed by atoms with Crippen molar-refractivity contribution >= 4 is 33.2 Å². The van der Waals surface area contributed by atoms with Crippen LogP contribution in [0, 0.1) is 13.8 Å². The van der Waals surface area contributed by atoms with Crippen LogP contribution in [-0.4, -0.2) is 38.7 Å². The van der Waals surface area contributed by atoms with Gasteiger partial charge in [0, 0.05) is 29.7 Å². The van der Waals surface area contributed by atoms with Crippen LogP contribution in [0.5, 0.6) is 0 Å². The summed E-state index contributed by atoms with van der Waals surface area (Å²) in [6, 6.07) is 6.99. The summed E-state index contributed by atoms with van der Waals surface area (Å²) < 4.78 is 2.79. The van der Waals surface area contributed by atoms with Crippen LogP contribution >= 0.6 is 27.3 Å². The summed E-state index contributed by atoms with van der Waals surface area (Å²) in [6.07, 6.45) is 4.02. The molecule has 194 valence electrons. The van der Waals surface area contributed by atoms with Crippen molar-refractivity contribution in [2.45, 2.75) is 91.5 Å². The maximum Gasteiger partial charge on any atom is 0.244 e. The highest BCUT2D eigenvalue weighted by atomic mass is 79.9. The van der Waals surface area contributed by atoms with Crippen LogP contribution in [0.4, 0.5) is 0 Å². The molecule has 1 amide bonds. The molecule has 1 aromatic carbocycles. The number of amides is 1. The number of halogens is 1. The first-order valence-corrected chi connectivity index (χ1v) is 14.4. The molecule has 0 spiro atoms. The number of hydrogen-bond acceptors (Lipinski definition) is 4. The van der Waals surface area contributed by atoms with Gasteiger partial charge in [0.25, 0.3) is 0 Å². The zero-order valence-corrected chi connectivity index (χ0v) is 25.3. The molecule has 0 unspecified atom stereocenters. The molecule has 2 aromatic heterocycles. The molecule has 0 N–H and O–H groups in total. The van der Waals surface area contributed by atoms with Crippen molar-refractivity contribution in [2.24, 2.45) is 0 Å². The van der Waals surface area contributed by atoms with E-state index in [2.05, 4.69) is 87.0 Å². The zero-order chi connectivity index (χ0) is 26.4. The molecule has 1 fully saturated rings. The summed E-state index contributed by atoms with van der Waals surface area (Å²) in [5.41, 5.74) is 6.00. The second-order valence-electron chi connectivity index (χ2n) is 12.2. The van der Waals surface area contributed by atoms with E-state index in [-0.39, 0.29) is 16.7 Å². The van der Waals surface area contributed by atoms with Crippen molar-refractivity contribution in [1.82, 2.24) is 19.7 Å². The lowest BCUT2D eigenvalue weighted by Crippen LogP contribution is -2.39. The Labute approximate surface area is 228 Å². The van der Waals surface area contributed by atoms with E-state index >= 15 is 0 Å². The van der Waals surface area contributed by atoms with E-state index < -0.39 is 0 Å². The number of nitrogens with zero attached hydrogens (tertiary/aromatic N) is 4. The number of aryl methyl sites for hydroxylation is 1. The van der Waals surface area contributed by atoms with E-state index in [9.17, 15) is 4.79 Å². The number of benzene rings is 1. The van der Waals surface area contributed by atoms with Crippen LogP contribution in [0.3, 0.4) is 0 Å². The summed E-state index contributed by atoms with van der Waals surface area (Å²) >= 11 is 5.37. The largest absolute Gasteiger partial charge is 0.341 e. The van der Waals surface area contributed by atoms with Gasteiger partial charge in [-0.1, -0.05) is 47.6 Å². The Balaban J connectivity index is 1.46. The molecule has 4 rings (SSSR count). The highest BCUT2D eigenvalue weighted by Crippen LogP contribution is 2.38. The van der Waals surface area contributed by atoms with Crippen molar-refractivity contribution in [2.75, 3.05) is 13.1 Å². The molecule has 0 atom stereocenters. The number of carbonyl (C=O) groups excluding carboxylic acids is 1. The maximum absolute atomic E-state index is 12.9. The quantitative estimate of drug-likeness (QED) is 0.328. The zero-order valence-electron chi connectivity index (χ0n) is 22.9. The lowest BCUT2D eigenvalue weighted by atomic mass is 9.79. The molecule has 3 aromatic rings. The number of rotatable bonds is 4. The van der Waals surface area contributed by atoms with Gasteiger partial charge in [-0.05, 0) is 82.6 Å². The predicted octanol–water partition coefficient (Wildman–Crippen LogP) is 7.39. The summed E-state index contributed by atoms with van der Waals surface area (Å²) in [5.74, 6) is 0.598. The first-order valence-electron chi connectivity index (χ1n) is 12.8. The first kappa shape index (κ1) is 27.1. The third kappa shape index (κ3) is 5.77. The number of likely N-dealkylation sites (tertiary alicyclic amines) is 1. The average molecular weight is 572 g/mol. The minimum Gasteiger partial charge on any atom is -0.341 e. The van der Waals surface area contributed by atoms with Crippen molar-refractivity contribution in [1.29, 1.82) is 0 Å². The molecular weight excluding hydrogens is 532 g/mol. The predicted molar refractivity (Wildman–Crippen MR) is 153 cm³/mol. The van der Waals surface area contributed by atoms with Crippen LogP contribution < -0.4 is 0 Å². The number of aromatic nitrogens is 3. The molecule has 1 aliphatic heterocycles. The number of thiazole rings is 1. The highest BCUT2D eigenvalue weighted by molar-refractivity contribution is 9.10. The van der Waals surface area contributed by atoms with Gasteiger partial charge in [0.2, 0.25) is 5.91 Å². The standard InChI is InChI=1S/C29H39BrN4OS/c1-18-26(30)19(2)34(32-18)17-25(35)33-11-9-20(10-12-33)24-16-31-27(36-24)21-13-22(28(3,4)5)15-23(14-21)29(6,7)8/h13-16,20H,9-12,17H2,1-8H3. The average Bonchev–Trinajstić information content (AvgIpc) is 3.39. The van der Waals surface area contributed by atoms with Crippen LogP contribution in [0.25, 0.3) is 10.6 Å². The molecular formula is C29H39BrN4OS. The number of hydrogen-bond donors (Lipinski definition) is 0. The minimum atomic E-state index is 0.0823. The van der Waals surface area contributed by atoms with Gasteiger partial charge < -0.3 is 4.90 Å². The fourth-order valence-electron chi connectivity index (χ4n) is 4.70. The van der Waals surface area contributed by atoms with Gasteiger partial charge in [0.1, 0.15) is 11.6 Å². The molecule has 3 heterocycles. The number of piperidine rings is 1. The molecule has 1 aliphatic rings. The third-order valence-electron chi connectivity index (χ3n) is 7.26. The van der Waals surface area contributed by atoms with Crippen molar-refractivity contribution in [3.63, 3.8) is 0 Å². The first-order chi connectivity index (χ1) is 16.7.